The van der Waals surface area contributed by atoms with E-state index >= 15 is 0 Å². The number of ether oxygens (including phenoxy) is 1. The van der Waals surface area contributed by atoms with E-state index in [2.05, 4.69) is 48.8 Å². The van der Waals surface area contributed by atoms with Crippen molar-refractivity contribution >= 4 is 27.5 Å². The first-order valence-corrected chi connectivity index (χ1v) is 7.54. The van der Waals surface area contributed by atoms with Crippen LogP contribution >= 0.6 is 27.5 Å². The van der Waals surface area contributed by atoms with Gasteiger partial charge in [-0.05, 0) is 58.3 Å². The number of methoxy groups -OCH3 is 1. The smallest absolute Gasteiger partial charge is 0.133 e. The van der Waals surface area contributed by atoms with E-state index in [1.54, 1.807) is 7.11 Å². The Bertz CT molecular complexity index is 385. The fourth-order valence-corrected chi connectivity index (χ4v) is 2.53. The number of aryl methyl sites for hydroxylation is 1. The molecule has 0 aliphatic heterocycles. The van der Waals surface area contributed by atoms with Crippen molar-refractivity contribution in [2.45, 2.75) is 45.4 Å². The molecular weight excluding hydrogens is 312 g/mol. The molecule has 0 aliphatic carbocycles. The summed E-state index contributed by atoms with van der Waals surface area (Å²) in [7, 11) is 1.68. The number of halogens is 2. The maximum Gasteiger partial charge on any atom is 0.133 e. The number of hydrogen-bond donors (Lipinski definition) is 0. The highest BCUT2D eigenvalue weighted by atomic mass is 79.9. The lowest BCUT2D eigenvalue weighted by molar-refractivity contribution is 0.369. The SMILES string of the molecule is COc1ccc(CCCC(Cl)C(C)(C)C)cc1Br. The Balaban J connectivity index is 2.47. The Kier molecular flexibility index (Phi) is 6.00. The Morgan fingerprint density at radius 1 is 1.33 bits per heavy atom. The standard InChI is InChI=1S/C15H22BrClO/c1-15(2,3)14(17)7-5-6-11-8-9-13(18-4)12(16)10-11/h8-10,14H,5-7H2,1-4H3. The molecule has 0 fully saturated rings. The van der Waals surface area contributed by atoms with E-state index in [1.807, 2.05) is 6.07 Å². The Labute approximate surface area is 124 Å². The maximum atomic E-state index is 6.37. The van der Waals surface area contributed by atoms with Crippen LogP contribution in [0.25, 0.3) is 0 Å². The summed E-state index contributed by atoms with van der Waals surface area (Å²) in [6.07, 6.45) is 3.22. The zero-order chi connectivity index (χ0) is 13.8. The highest BCUT2D eigenvalue weighted by molar-refractivity contribution is 9.10. The summed E-state index contributed by atoms with van der Waals surface area (Å²) < 4.78 is 6.23. The van der Waals surface area contributed by atoms with E-state index in [0.29, 0.717) is 0 Å². The van der Waals surface area contributed by atoms with Crippen LogP contribution in [0.3, 0.4) is 0 Å². The molecule has 1 aromatic rings. The van der Waals surface area contributed by atoms with Gasteiger partial charge in [-0.3, -0.25) is 0 Å². The molecule has 18 heavy (non-hydrogen) atoms. The van der Waals surface area contributed by atoms with Gasteiger partial charge in [-0.2, -0.15) is 0 Å². The van der Waals surface area contributed by atoms with Crippen molar-refractivity contribution in [3.63, 3.8) is 0 Å². The van der Waals surface area contributed by atoms with Crippen LogP contribution in [0.2, 0.25) is 0 Å². The van der Waals surface area contributed by atoms with Crippen LogP contribution in [-0.4, -0.2) is 12.5 Å². The van der Waals surface area contributed by atoms with Gasteiger partial charge in [-0.1, -0.05) is 26.8 Å². The van der Waals surface area contributed by atoms with Crippen LogP contribution in [0.4, 0.5) is 0 Å². The predicted octanol–water partition coefficient (Wildman–Crippen LogP) is 5.43. The minimum atomic E-state index is 0.183. The van der Waals surface area contributed by atoms with Gasteiger partial charge in [0.2, 0.25) is 0 Å². The third kappa shape index (κ3) is 4.81. The van der Waals surface area contributed by atoms with Crippen LogP contribution in [-0.2, 0) is 6.42 Å². The van der Waals surface area contributed by atoms with E-state index < -0.39 is 0 Å². The van der Waals surface area contributed by atoms with Crippen molar-refractivity contribution in [1.29, 1.82) is 0 Å². The van der Waals surface area contributed by atoms with E-state index in [9.17, 15) is 0 Å². The third-order valence-corrected chi connectivity index (χ3v) is 4.57. The molecule has 0 aromatic heterocycles. The van der Waals surface area contributed by atoms with Gasteiger partial charge in [0.25, 0.3) is 0 Å². The highest BCUT2D eigenvalue weighted by Gasteiger charge is 2.21. The Hall–Kier alpha value is -0.210. The van der Waals surface area contributed by atoms with Crippen LogP contribution in [0.5, 0.6) is 5.75 Å². The Morgan fingerprint density at radius 3 is 2.50 bits per heavy atom. The van der Waals surface area contributed by atoms with Gasteiger partial charge in [0.15, 0.2) is 0 Å². The lowest BCUT2D eigenvalue weighted by atomic mass is 9.88. The molecule has 0 radical (unpaired) electrons. The molecule has 102 valence electrons. The summed E-state index contributed by atoms with van der Waals surface area (Å²) >= 11 is 9.88. The molecule has 3 heteroatoms. The van der Waals surface area contributed by atoms with E-state index in [-0.39, 0.29) is 10.8 Å². The topological polar surface area (TPSA) is 9.23 Å². The van der Waals surface area contributed by atoms with Gasteiger partial charge in [-0.15, -0.1) is 11.6 Å². The van der Waals surface area contributed by atoms with Crippen molar-refractivity contribution in [1.82, 2.24) is 0 Å². The molecule has 0 N–H and O–H groups in total. The van der Waals surface area contributed by atoms with Crippen molar-refractivity contribution in [3.8, 4) is 5.75 Å². The van der Waals surface area contributed by atoms with Gasteiger partial charge in [0, 0.05) is 5.38 Å². The van der Waals surface area contributed by atoms with Crippen molar-refractivity contribution in [3.05, 3.63) is 28.2 Å². The van der Waals surface area contributed by atoms with Crippen molar-refractivity contribution in [2.75, 3.05) is 7.11 Å². The zero-order valence-corrected chi connectivity index (χ0v) is 13.9. The van der Waals surface area contributed by atoms with Gasteiger partial charge in [0.05, 0.1) is 11.6 Å². The molecule has 0 spiro atoms. The van der Waals surface area contributed by atoms with Crippen LogP contribution in [0.15, 0.2) is 22.7 Å². The van der Waals surface area contributed by atoms with Crippen LogP contribution in [0, 0.1) is 5.41 Å². The molecule has 0 amide bonds. The quantitative estimate of drug-likeness (QED) is 0.652. The average Bonchev–Trinajstić information content (AvgIpc) is 2.28. The van der Waals surface area contributed by atoms with Crippen LogP contribution < -0.4 is 4.74 Å². The number of alkyl halides is 1. The lowest BCUT2D eigenvalue weighted by Gasteiger charge is -2.25. The minimum absolute atomic E-state index is 0.183. The first kappa shape index (κ1) is 15.8. The monoisotopic (exact) mass is 332 g/mol. The molecule has 0 saturated carbocycles. The summed E-state index contributed by atoms with van der Waals surface area (Å²) in [6.45, 7) is 6.57. The van der Waals surface area contributed by atoms with Gasteiger partial charge in [-0.25, -0.2) is 0 Å². The fraction of sp³-hybridized carbons (Fsp3) is 0.600. The van der Waals surface area contributed by atoms with E-state index in [4.69, 9.17) is 16.3 Å². The molecule has 0 bridgehead atoms. The largest absolute Gasteiger partial charge is 0.496 e. The predicted molar refractivity (Wildman–Crippen MR) is 82.7 cm³/mol. The van der Waals surface area contributed by atoms with Crippen LogP contribution in [0.1, 0.15) is 39.2 Å². The van der Waals surface area contributed by atoms with E-state index in [1.165, 1.54) is 5.56 Å². The summed E-state index contributed by atoms with van der Waals surface area (Å²) in [6, 6.07) is 6.24. The summed E-state index contributed by atoms with van der Waals surface area (Å²) in [5.74, 6) is 0.878. The number of rotatable bonds is 5. The molecule has 0 saturated heterocycles. The summed E-state index contributed by atoms with van der Waals surface area (Å²) in [5.41, 5.74) is 1.50. The Morgan fingerprint density at radius 2 is 2.00 bits per heavy atom. The minimum Gasteiger partial charge on any atom is -0.496 e. The molecule has 1 rings (SSSR count). The number of hydrogen-bond acceptors (Lipinski definition) is 1. The molecule has 0 heterocycles. The zero-order valence-electron chi connectivity index (χ0n) is 11.6. The summed E-state index contributed by atoms with van der Waals surface area (Å²) in [5, 5.41) is 0.235. The third-order valence-electron chi connectivity index (χ3n) is 3.08. The second-order valence-corrected chi connectivity index (χ2v) is 7.08. The first-order valence-electron chi connectivity index (χ1n) is 6.31. The summed E-state index contributed by atoms with van der Waals surface area (Å²) in [4.78, 5) is 0. The second kappa shape index (κ2) is 6.81. The first-order chi connectivity index (χ1) is 8.34. The molecule has 1 unspecified atom stereocenters. The molecular formula is C15H22BrClO. The normalized spacial score (nSPS) is 13.4. The second-order valence-electron chi connectivity index (χ2n) is 5.69. The van der Waals surface area contributed by atoms with Gasteiger partial charge >= 0.3 is 0 Å². The molecule has 1 aromatic carbocycles. The van der Waals surface area contributed by atoms with E-state index in [0.717, 1.165) is 29.5 Å². The lowest BCUT2D eigenvalue weighted by Crippen LogP contribution is -2.20. The maximum absolute atomic E-state index is 6.37. The number of benzene rings is 1. The van der Waals surface area contributed by atoms with Crippen molar-refractivity contribution in [2.24, 2.45) is 5.41 Å². The highest BCUT2D eigenvalue weighted by Crippen LogP contribution is 2.29. The molecule has 0 aliphatic rings. The van der Waals surface area contributed by atoms with Gasteiger partial charge in [0.1, 0.15) is 5.75 Å². The molecule has 1 nitrogen and oxygen atoms in total. The average molecular weight is 334 g/mol. The van der Waals surface area contributed by atoms with Gasteiger partial charge < -0.3 is 4.74 Å². The molecule has 1 atom stereocenters. The fourth-order valence-electron chi connectivity index (χ4n) is 1.78. The van der Waals surface area contributed by atoms with Crippen molar-refractivity contribution < 1.29 is 4.74 Å².